The van der Waals surface area contributed by atoms with E-state index in [4.69, 9.17) is 11.5 Å². The van der Waals surface area contributed by atoms with Crippen LogP contribution in [0.5, 0.6) is 0 Å². The smallest absolute Gasteiger partial charge is 0.277 e. The molecule has 0 unspecified atom stereocenters. The first-order valence-corrected chi connectivity index (χ1v) is 10.8. The van der Waals surface area contributed by atoms with Gasteiger partial charge in [-0.1, -0.05) is 17.4 Å². The fourth-order valence-electron chi connectivity index (χ4n) is 3.79. The predicted molar refractivity (Wildman–Crippen MR) is 117 cm³/mol. The number of alkyl halides is 2. The zero-order valence-electron chi connectivity index (χ0n) is 17.5. The van der Waals surface area contributed by atoms with E-state index in [1.54, 1.807) is 7.05 Å². The summed E-state index contributed by atoms with van der Waals surface area (Å²) in [6, 6.07) is 2.70. The lowest BCUT2D eigenvalue weighted by Crippen LogP contribution is -2.37. The van der Waals surface area contributed by atoms with Gasteiger partial charge in [-0.05, 0) is 18.6 Å². The zero-order valence-corrected chi connectivity index (χ0v) is 18.3. The molecule has 2 aromatic heterocycles. The molecule has 1 saturated heterocycles. The van der Waals surface area contributed by atoms with E-state index >= 15 is 0 Å². The van der Waals surface area contributed by atoms with Crippen molar-refractivity contribution in [1.82, 2.24) is 14.8 Å². The summed E-state index contributed by atoms with van der Waals surface area (Å²) >= 11 is 0.756. The van der Waals surface area contributed by atoms with Crippen molar-refractivity contribution in [1.29, 1.82) is 0 Å². The van der Waals surface area contributed by atoms with Gasteiger partial charge < -0.3 is 21.7 Å². The molecule has 0 saturated carbocycles. The van der Waals surface area contributed by atoms with E-state index in [0.29, 0.717) is 6.42 Å². The van der Waals surface area contributed by atoms with Crippen LogP contribution in [0, 0.1) is 11.6 Å². The Labute approximate surface area is 190 Å². The molecule has 0 spiro atoms. The second-order valence-corrected chi connectivity index (χ2v) is 8.85. The van der Waals surface area contributed by atoms with Gasteiger partial charge in [0.15, 0.2) is 11.5 Å². The minimum absolute atomic E-state index is 0.0529. The number of carbonyl (C=O) groups is 1. The van der Waals surface area contributed by atoms with Crippen molar-refractivity contribution in [3.8, 4) is 10.6 Å². The molecular formula is C20H21F4N7OS. The van der Waals surface area contributed by atoms with E-state index in [1.807, 2.05) is 0 Å². The Balaban J connectivity index is 1.62. The summed E-state index contributed by atoms with van der Waals surface area (Å²) in [5, 5.41) is 6.50. The van der Waals surface area contributed by atoms with Gasteiger partial charge in [-0.3, -0.25) is 9.48 Å². The van der Waals surface area contributed by atoms with Gasteiger partial charge in [-0.15, -0.1) is 0 Å². The minimum Gasteiger partial charge on any atom is -0.389 e. The van der Waals surface area contributed by atoms with Gasteiger partial charge >= 0.3 is 0 Å². The molecular weight excluding hydrogens is 462 g/mol. The van der Waals surface area contributed by atoms with Gasteiger partial charge in [0, 0.05) is 26.1 Å². The number of carbonyl (C=O) groups excluding carboxylic acids is 1. The second kappa shape index (κ2) is 8.63. The maximum absolute atomic E-state index is 14.3. The lowest BCUT2D eigenvalue weighted by molar-refractivity contribution is -0.000527. The number of halogens is 4. The molecule has 1 fully saturated rings. The quantitative estimate of drug-likeness (QED) is 0.491. The van der Waals surface area contributed by atoms with Gasteiger partial charge in [-0.25, -0.2) is 22.5 Å². The third-order valence-corrected chi connectivity index (χ3v) is 6.16. The van der Waals surface area contributed by atoms with Crippen LogP contribution in [0.2, 0.25) is 0 Å². The Bertz CT molecular complexity index is 1180. The summed E-state index contributed by atoms with van der Waals surface area (Å²) in [7, 11) is 1.56. The van der Waals surface area contributed by atoms with Crippen molar-refractivity contribution < 1.29 is 22.4 Å². The van der Waals surface area contributed by atoms with Crippen molar-refractivity contribution >= 4 is 33.8 Å². The Morgan fingerprint density at radius 1 is 1.30 bits per heavy atom. The third-order valence-electron chi connectivity index (χ3n) is 5.25. The number of hydrogen-bond acceptors (Lipinski definition) is 7. The first kappa shape index (κ1) is 23.0. The molecule has 13 heteroatoms. The van der Waals surface area contributed by atoms with Crippen molar-refractivity contribution in [3.63, 3.8) is 0 Å². The monoisotopic (exact) mass is 483 g/mol. The summed E-state index contributed by atoms with van der Waals surface area (Å²) in [6.07, 6.45) is 1.22. The van der Waals surface area contributed by atoms with E-state index in [-0.39, 0.29) is 33.8 Å². The van der Waals surface area contributed by atoms with E-state index in [2.05, 4.69) is 15.4 Å². The van der Waals surface area contributed by atoms with Crippen LogP contribution in [0.25, 0.3) is 10.6 Å². The van der Waals surface area contributed by atoms with Gasteiger partial charge in [0.2, 0.25) is 0 Å². The number of hydrogen-bond donors (Lipinski definition) is 3. The third kappa shape index (κ3) is 4.64. The Hall–Kier alpha value is -3.19. The van der Waals surface area contributed by atoms with Crippen LogP contribution >= 0.6 is 11.3 Å². The van der Waals surface area contributed by atoms with Gasteiger partial charge in [-0.2, -0.15) is 5.10 Å². The lowest BCUT2D eigenvalue weighted by atomic mass is 10.1. The molecule has 33 heavy (non-hydrogen) atoms. The van der Waals surface area contributed by atoms with Gasteiger partial charge in [0.25, 0.3) is 11.8 Å². The lowest BCUT2D eigenvalue weighted by Gasteiger charge is -2.26. The highest BCUT2D eigenvalue weighted by molar-refractivity contribution is 7.19. The van der Waals surface area contributed by atoms with Crippen molar-refractivity contribution in [2.75, 3.05) is 29.0 Å². The predicted octanol–water partition coefficient (Wildman–Crippen LogP) is 3.22. The molecule has 0 radical (unpaired) electrons. The number of anilines is 3. The Morgan fingerprint density at radius 3 is 2.70 bits per heavy atom. The number of amides is 1. The van der Waals surface area contributed by atoms with Crippen LogP contribution in [0.15, 0.2) is 24.4 Å². The highest BCUT2D eigenvalue weighted by Gasteiger charge is 2.38. The minimum atomic E-state index is -3.01. The highest BCUT2D eigenvalue weighted by atomic mass is 32.1. The number of aryl methyl sites for hydroxylation is 1. The van der Waals surface area contributed by atoms with Crippen LogP contribution in [0.4, 0.5) is 34.1 Å². The number of aromatic nitrogens is 3. The van der Waals surface area contributed by atoms with Crippen LogP contribution < -0.4 is 21.7 Å². The number of nitrogens with zero attached hydrogens (tertiary/aromatic N) is 4. The second-order valence-electron chi connectivity index (χ2n) is 7.82. The van der Waals surface area contributed by atoms with Crippen LogP contribution in [-0.2, 0) is 7.05 Å². The van der Waals surface area contributed by atoms with Crippen molar-refractivity contribution in [3.05, 3.63) is 41.7 Å². The number of thiazole rings is 1. The summed E-state index contributed by atoms with van der Waals surface area (Å²) in [6.45, 7) is -0.340. The number of nitrogen functional groups attached to an aromatic ring is 1. The normalized spacial score (nSPS) is 18.2. The number of rotatable bonds is 4. The maximum atomic E-state index is 14.3. The van der Waals surface area contributed by atoms with Crippen LogP contribution in [0.1, 0.15) is 23.3 Å². The van der Waals surface area contributed by atoms with E-state index in [0.717, 1.165) is 23.5 Å². The zero-order chi connectivity index (χ0) is 23.9. The number of benzene rings is 1. The van der Waals surface area contributed by atoms with Crippen molar-refractivity contribution in [2.45, 2.75) is 24.8 Å². The Morgan fingerprint density at radius 2 is 2.00 bits per heavy atom. The van der Waals surface area contributed by atoms with Crippen molar-refractivity contribution in [2.24, 2.45) is 12.8 Å². The molecule has 0 aliphatic carbocycles. The van der Waals surface area contributed by atoms with Crippen LogP contribution in [0.3, 0.4) is 0 Å². The first-order valence-electron chi connectivity index (χ1n) is 9.98. The molecule has 0 bridgehead atoms. The summed E-state index contributed by atoms with van der Waals surface area (Å²) in [5.41, 5.74) is 11.2. The maximum Gasteiger partial charge on any atom is 0.277 e. The van der Waals surface area contributed by atoms with Gasteiger partial charge in [0.05, 0.1) is 18.3 Å². The summed E-state index contributed by atoms with van der Waals surface area (Å²) in [4.78, 5) is 18.3. The van der Waals surface area contributed by atoms with E-state index < -0.39 is 48.0 Å². The highest BCUT2D eigenvalue weighted by Crippen LogP contribution is 2.35. The van der Waals surface area contributed by atoms with Crippen LogP contribution in [-0.4, -0.2) is 45.7 Å². The summed E-state index contributed by atoms with van der Waals surface area (Å²) < 4.78 is 58.2. The molecule has 8 nitrogen and oxygen atoms in total. The molecule has 176 valence electrons. The van der Waals surface area contributed by atoms with E-state index in [9.17, 15) is 22.4 Å². The molecule has 3 aromatic rings. The summed E-state index contributed by atoms with van der Waals surface area (Å²) in [5.74, 6) is -5.19. The molecule has 3 heterocycles. The molecule has 5 N–H and O–H groups in total. The average molecular weight is 483 g/mol. The fraction of sp³-hybridized carbons (Fsp3) is 0.350. The Kier molecular flexibility index (Phi) is 6.01. The fourth-order valence-corrected chi connectivity index (χ4v) is 4.67. The largest absolute Gasteiger partial charge is 0.389 e. The molecule has 4 rings (SSSR count). The van der Waals surface area contributed by atoms with E-state index in [1.165, 1.54) is 21.8 Å². The molecule has 1 aliphatic rings. The first-order chi connectivity index (χ1) is 15.6. The molecule has 1 atom stereocenters. The molecule has 1 aromatic carbocycles. The topological polar surface area (TPSA) is 115 Å². The average Bonchev–Trinajstić information content (AvgIpc) is 3.23. The van der Waals surface area contributed by atoms with Gasteiger partial charge in [0.1, 0.15) is 27.3 Å². The number of nitrogens with one attached hydrogen (secondary N) is 1. The molecule has 1 amide bonds. The SMILES string of the molecule is Cn1ncc(NC(=O)c2nc(-c3c(F)cccc3F)sc2N)c1N1CC[C@H](N)CC(F)(F)C1. The number of nitrogens with two attached hydrogens (primary N) is 2. The standard InChI is InChI=1S/C20H21F4N7OS/c1-30-19(31-6-5-10(25)7-20(23,24)9-31)13(8-27-30)28-17(32)15-16(26)33-18(29-15)14-11(21)3-2-4-12(14)22/h2-4,8,10H,5-7,9,25-26H2,1H3,(H,28,32)/t10-/m0/s1. The molecule has 1 aliphatic heterocycles.